The number of aromatic nitrogens is 4. The first-order valence-electron chi connectivity index (χ1n) is 9.09. The van der Waals surface area contributed by atoms with Gasteiger partial charge in [-0.3, -0.25) is 14.3 Å². The van der Waals surface area contributed by atoms with E-state index in [1.165, 1.54) is 6.07 Å². The lowest BCUT2D eigenvalue weighted by atomic mass is 10.0. The summed E-state index contributed by atoms with van der Waals surface area (Å²) in [5.41, 5.74) is 2.06. The molecule has 1 aromatic carbocycles. The summed E-state index contributed by atoms with van der Waals surface area (Å²) >= 11 is 0. The Morgan fingerprint density at radius 1 is 1.21 bits per heavy atom. The first-order valence-corrected chi connectivity index (χ1v) is 9.09. The van der Waals surface area contributed by atoms with Gasteiger partial charge in [0.05, 0.1) is 18.8 Å². The smallest absolute Gasteiger partial charge is 0.379 e. The monoisotopic (exact) mass is 391 g/mol. The molecule has 1 amide bonds. The highest BCUT2D eigenvalue weighted by atomic mass is 16.5. The quantitative estimate of drug-likeness (QED) is 0.398. The highest BCUT2D eigenvalue weighted by Gasteiger charge is 2.23. The summed E-state index contributed by atoms with van der Waals surface area (Å²) in [6.07, 6.45) is 1.54. The molecule has 0 saturated carbocycles. The lowest BCUT2D eigenvalue weighted by Crippen LogP contribution is -2.35. The Morgan fingerprint density at radius 2 is 2.03 bits per heavy atom. The number of amides is 1. The molecule has 0 saturated heterocycles. The molecule has 0 unspecified atom stereocenters. The van der Waals surface area contributed by atoms with Gasteiger partial charge in [0.25, 0.3) is 11.7 Å². The fourth-order valence-corrected chi connectivity index (χ4v) is 3.07. The van der Waals surface area contributed by atoms with Crippen LogP contribution in [0.25, 0.3) is 22.8 Å². The molecule has 1 aliphatic rings. The van der Waals surface area contributed by atoms with E-state index in [2.05, 4.69) is 20.4 Å². The van der Waals surface area contributed by atoms with Gasteiger partial charge in [-0.25, -0.2) is 14.8 Å². The number of hydrogen-bond acceptors (Lipinski definition) is 7. The molecule has 3 heterocycles. The number of carbonyl (C=O) groups excluding carboxylic acids is 3. The molecule has 1 aliphatic heterocycles. The molecule has 2 aromatic heterocycles. The third-order valence-corrected chi connectivity index (χ3v) is 4.41. The molecule has 0 radical (unpaired) electrons. The maximum Gasteiger partial charge on any atom is 0.379 e. The second kappa shape index (κ2) is 7.63. The fraction of sp³-hybridized carbons (Fsp3) is 0.200. The van der Waals surface area contributed by atoms with Crippen molar-refractivity contribution in [3.05, 3.63) is 53.9 Å². The van der Waals surface area contributed by atoms with E-state index in [9.17, 15) is 14.4 Å². The third kappa shape index (κ3) is 3.49. The van der Waals surface area contributed by atoms with Crippen LogP contribution in [-0.4, -0.2) is 50.6 Å². The third-order valence-electron chi connectivity index (χ3n) is 4.41. The van der Waals surface area contributed by atoms with Crippen molar-refractivity contribution in [3.8, 4) is 22.8 Å². The van der Waals surface area contributed by atoms with Gasteiger partial charge in [0.1, 0.15) is 11.4 Å². The van der Waals surface area contributed by atoms with Crippen molar-refractivity contribution in [1.29, 1.82) is 0 Å². The second-order valence-electron chi connectivity index (χ2n) is 6.25. The summed E-state index contributed by atoms with van der Waals surface area (Å²) in [7, 11) is 0. The average molecular weight is 391 g/mol. The van der Waals surface area contributed by atoms with Crippen molar-refractivity contribution >= 4 is 17.7 Å². The zero-order chi connectivity index (χ0) is 20.4. The Kier molecular flexibility index (Phi) is 4.86. The molecule has 146 valence electrons. The number of hydrogen-bond donors (Lipinski definition) is 1. The molecule has 4 rings (SSSR count). The standard InChI is InChI=1S/C20H17N5O4/c1-2-29-20(28)17(26)12-5-3-4-6-13(12)18-21-8-7-14(23-18)15-11-16-19(27)22-9-10-25(16)24-15/h3-8,11H,2,9-10H2,1H3,(H,22,27). The van der Waals surface area contributed by atoms with Gasteiger partial charge in [-0.2, -0.15) is 5.10 Å². The van der Waals surface area contributed by atoms with Crippen LogP contribution in [0.5, 0.6) is 0 Å². The number of fused-ring (bicyclic) bond motifs is 1. The van der Waals surface area contributed by atoms with Crippen LogP contribution in [0.15, 0.2) is 42.6 Å². The molecule has 29 heavy (non-hydrogen) atoms. The minimum atomic E-state index is -0.927. The van der Waals surface area contributed by atoms with Gasteiger partial charge in [-0.15, -0.1) is 0 Å². The summed E-state index contributed by atoms with van der Waals surface area (Å²) in [6, 6.07) is 9.91. The predicted molar refractivity (Wildman–Crippen MR) is 102 cm³/mol. The second-order valence-corrected chi connectivity index (χ2v) is 6.25. The van der Waals surface area contributed by atoms with E-state index in [-0.39, 0.29) is 23.9 Å². The zero-order valence-corrected chi connectivity index (χ0v) is 15.6. The van der Waals surface area contributed by atoms with E-state index < -0.39 is 11.8 Å². The minimum Gasteiger partial charge on any atom is -0.460 e. The molecule has 0 atom stereocenters. The van der Waals surface area contributed by atoms with Gasteiger partial charge in [0.15, 0.2) is 5.82 Å². The number of carbonyl (C=O) groups is 3. The zero-order valence-electron chi connectivity index (χ0n) is 15.6. The average Bonchev–Trinajstić information content (AvgIpc) is 3.19. The van der Waals surface area contributed by atoms with E-state index in [4.69, 9.17) is 4.74 Å². The lowest BCUT2D eigenvalue weighted by Gasteiger charge is -2.13. The molecule has 9 nitrogen and oxygen atoms in total. The number of rotatable bonds is 5. The van der Waals surface area contributed by atoms with Crippen LogP contribution in [0, 0.1) is 0 Å². The largest absolute Gasteiger partial charge is 0.460 e. The molecule has 0 spiro atoms. The molecular formula is C20H17N5O4. The van der Waals surface area contributed by atoms with Crippen LogP contribution >= 0.6 is 0 Å². The van der Waals surface area contributed by atoms with Crippen molar-refractivity contribution in [2.45, 2.75) is 13.5 Å². The molecule has 9 heteroatoms. The Morgan fingerprint density at radius 3 is 2.83 bits per heavy atom. The molecule has 1 N–H and O–H groups in total. The van der Waals surface area contributed by atoms with Gasteiger partial charge >= 0.3 is 5.97 Å². The minimum absolute atomic E-state index is 0.108. The number of nitrogens with one attached hydrogen (secondary N) is 1. The van der Waals surface area contributed by atoms with E-state index in [0.29, 0.717) is 35.7 Å². The molecular weight excluding hydrogens is 374 g/mol. The Hall–Kier alpha value is -3.88. The van der Waals surface area contributed by atoms with Crippen LogP contribution in [0.3, 0.4) is 0 Å². The van der Waals surface area contributed by atoms with Crippen LogP contribution in [0.1, 0.15) is 27.8 Å². The first kappa shape index (κ1) is 18.5. The van der Waals surface area contributed by atoms with E-state index in [0.717, 1.165) is 0 Å². The molecule has 0 aliphatic carbocycles. The lowest BCUT2D eigenvalue weighted by molar-refractivity contribution is -0.137. The summed E-state index contributed by atoms with van der Waals surface area (Å²) in [5.74, 6) is -1.60. The van der Waals surface area contributed by atoms with Crippen molar-refractivity contribution < 1.29 is 19.1 Å². The number of esters is 1. The van der Waals surface area contributed by atoms with Gasteiger partial charge in [0, 0.05) is 23.9 Å². The van der Waals surface area contributed by atoms with Gasteiger partial charge < -0.3 is 10.1 Å². The van der Waals surface area contributed by atoms with E-state index >= 15 is 0 Å². The Labute approximate surface area is 165 Å². The van der Waals surface area contributed by atoms with Crippen LogP contribution in [0.2, 0.25) is 0 Å². The summed E-state index contributed by atoms with van der Waals surface area (Å²) in [5, 5.41) is 7.21. The Balaban J connectivity index is 1.73. The topological polar surface area (TPSA) is 116 Å². The van der Waals surface area contributed by atoms with Gasteiger partial charge in [0.2, 0.25) is 0 Å². The van der Waals surface area contributed by atoms with Crippen LogP contribution in [0.4, 0.5) is 0 Å². The normalized spacial score (nSPS) is 12.8. The highest BCUT2D eigenvalue weighted by molar-refractivity contribution is 6.41. The fourth-order valence-electron chi connectivity index (χ4n) is 3.07. The predicted octanol–water partition coefficient (Wildman–Crippen LogP) is 1.50. The summed E-state index contributed by atoms with van der Waals surface area (Å²) < 4.78 is 6.45. The number of Topliss-reactive ketones (excluding diaryl/α,β-unsaturated/α-hetero) is 1. The van der Waals surface area contributed by atoms with Crippen LogP contribution in [-0.2, 0) is 16.1 Å². The number of benzene rings is 1. The first-order chi connectivity index (χ1) is 14.1. The van der Waals surface area contributed by atoms with Crippen molar-refractivity contribution in [2.75, 3.05) is 13.2 Å². The Bertz CT molecular complexity index is 1120. The van der Waals surface area contributed by atoms with E-state index in [1.54, 1.807) is 48.1 Å². The van der Waals surface area contributed by atoms with Crippen molar-refractivity contribution in [2.24, 2.45) is 0 Å². The SMILES string of the molecule is CCOC(=O)C(=O)c1ccccc1-c1nccc(-c2cc3n(n2)CCNC3=O)n1. The maximum atomic E-state index is 12.5. The maximum absolute atomic E-state index is 12.5. The molecule has 3 aromatic rings. The number of nitrogens with zero attached hydrogens (tertiary/aromatic N) is 4. The van der Waals surface area contributed by atoms with Crippen LogP contribution < -0.4 is 5.32 Å². The molecule has 0 bridgehead atoms. The van der Waals surface area contributed by atoms with Crippen molar-refractivity contribution in [3.63, 3.8) is 0 Å². The number of ether oxygens (including phenoxy) is 1. The molecule has 0 fully saturated rings. The highest BCUT2D eigenvalue weighted by Crippen LogP contribution is 2.24. The van der Waals surface area contributed by atoms with Gasteiger partial charge in [-0.05, 0) is 19.1 Å². The van der Waals surface area contributed by atoms with Crippen molar-refractivity contribution in [1.82, 2.24) is 25.1 Å². The summed E-state index contributed by atoms with van der Waals surface area (Å²) in [4.78, 5) is 45.1. The summed E-state index contributed by atoms with van der Waals surface area (Å²) in [6.45, 7) is 2.84. The van der Waals surface area contributed by atoms with E-state index in [1.807, 2.05) is 0 Å². The van der Waals surface area contributed by atoms with Gasteiger partial charge in [-0.1, -0.05) is 24.3 Å². The number of ketones is 1.